The lowest BCUT2D eigenvalue weighted by Gasteiger charge is -2.23. The normalized spacial score (nSPS) is 18.8. The molecule has 0 amide bonds. The summed E-state index contributed by atoms with van der Waals surface area (Å²) in [6, 6.07) is 4.47. The van der Waals surface area contributed by atoms with E-state index in [0.717, 1.165) is 30.4 Å². The molecule has 3 N–H and O–H groups in total. The lowest BCUT2D eigenvalue weighted by Crippen LogP contribution is -2.42. The van der Waals surface area contributed by atoms with Crippen LogP contribution in [0.25, 0.3) is 0 Å². The van der Waals surface area contributed by atoms with Gasteiger partial charge in [0, 0.05) is 37.0 Å². The van der Waals surface area contributed by atoms with Crippen LogP contribution in [0.3, 0.4) is 0 Å². The molecule has 96 valence electrons. The summed E-state index contributed by atoms with van der Waals surface area (Å²) < 4.78 is 0.851. The molecule has 0 spiro atoms. The van der Waals surface area contributed by atoms with Crippen LogP contribution in [-0.2, 0) is 19.5 Å². The molecule has 0 aromatic carbocycles. The summed E-state index contributed by atoms with van der Waals surface area (Å²) in [6.07, 6.45) is 2.76. The highest BCUT2D eigenvalue weighted by atomic mass is 35.5. The van der Waals surface area contributed by atoms with Gasteiger partial charge in [0.25, 0.3) is 0 Å². The molecule has 18 heavy (non-hydrogen) atoms. The van der Waals surface area contributed by atoms with E-state index in [4.69, 9.17) is 11.6 Å². The fourth-order valence-electron chi connectivity index (χ4n) is 2.19. The van der Waals surface area contributed by atoms with E-state index in [1.165, 1.54) is 16.3 Å². The Morgan fingerprint density at radius 3 is 3.28 bits per heavy atom. The Hall–Kier alpha value is -0.880. The van der Waals surface area contributed by atoms with Crippen LogP contribution in [0.2, 0.25) is 4.34 Å². The molecular formula is C12H15ClN4S. The zero-order valence-corrected chi connectivity index (χ0v) is 11.4. The minimum atomic E-state index is 0.455. The molecule has 3 heterocycles. The van der Waals surface area contributed by atoms with Crippen molar-refractivity contribution in [2.24, 2.45) is 0 Å². The molecule has 0 aliphatic carbocycles. The zero-order chi connectivity index (χ0) is 12.4. The average Bonchev–Trinajstić information content (AvgIpc) is 2.97. The van der Waals surface area contributed by atoms with Gasteiger partial charge in [-0.1, -0.05) is 11.6 Å². The van der Waals surface area contributed by atoms with Crippen molar-refractivity contribution < 1.29 is 0 Å². The zero-order valence-electron chi connectivity index (χ0n) is 9.87. The topological polar surface area (TPSA) is 52.7 Å². The number of aromatic nitrogens is 2. The number of hydrogen-bond acceptors (Lipinski definition) is 4. The summed E-state index contributed by atoms with van der Waals surface area (Å²) in [5, 5.41) is 6.96. The van der Waals surface area contributed by atoms with E-state index in [1.54, 1.807) is 17.7 Å². The number of hydrogen-bond donors (Lipinski definition) is 3. The van der Waals surface area contributed by atoms with Gasteiger partial charge in [-0.25, -0.2) is 4.98 Å². The molecular weight excluding hydrogens is 268 g/mol. The number of nitrogens with zero attached hydrogens (tertiary/aromatic N) is 1. The van der Waals surface area contributed by atoms with E-state index in [-0.39, 0.29) is 0 Å². The minimum Gasteiger partial charge on any atom is -0.347 e. The van der Waals surface area contributed by atoms with Gasteiger partial charge in [0.05, 0.1) is 22.1 Å². The van der Waals surface area contributed by atoms with Crippen LogP contribution in [0.15, 0.2) is 18.5 Å². The van der Waals surface area contributed by atoms with Crippen molar-refractivity contribution in [3.05, 3.63) is 39.1 Å². The van der Waals surface area contributed by atoms with Crippen LogP contribution < -0.4 is 10.6 Å². The van der Waals surface area contributed by atoms with Crippen molar-refractivity contribution in [1.82, 2.24) is 20.6 Å². The van der Waals surface area contributed by atoms with Crippen LogP contribution in [0.5, 0.6) is 0 Å². The highest BCUT2D eigenvalue weighted by Gasteiger charge is 2.19. The first-order valence-corrected chi connectivity index (χ1v) is 7.20. The molecule has 1 aliphatic heterocycles. The number of H-pyrrole nitrogens is 1. The number of fused-ring (bicyclic) bond motifs is 1. The molecule has 6 heteroatoms. The van der Waals surface area contributed by atoms with Gasteiger partial charge >= 0.3 is 0 Å². The maximum atomic E-state index is 5.90. The number of nitrogens with one attached hydrogen (secondary N) is 3. The fourth-order valence-corrected chi connectivity index (χ4v) is 3.25. The number of halogens is 1. The second-order valence-electron chi connectivity index (χ2n) is 4.45. The third kappa shape index (κ3) is 2.75. The lowest BCUT2D eigenvalue weighted by molar-refractivity contribution is 0.441. The van der Waals surface area contributed by atoms with Gasteiger partial charge in [-0.05, 0) is 12.1 Å². The molecule has 0 saturated carbocycles. The van der Waals surface area contributed by atoms with E-state index < -0.39 is 0 Å². The molecule has 4 nitrogen and oxygen atoms in total. The second-order valence-corrected chi connectivity index (χ2v) is 6.25. The number of aromatic amines is 1. The maximum Gasteiger partial charge on any atom is 0.0931 e. The smallest absolute Gasteiger partial charge is 0.0931 e. The van der Waals surface area contributed by atoms with E-state index in [2.05, 4.69) is 26.7 Å². The molecule has 1 aliphatic rings. The van der Waals surface area contributed by atoms with Gasteiger partial charge in [0.1, 0.15) is 0 Å². The average molecular weight is 283 g/mol. The Bertz CT molecular complexity index is 522. The van der Waals surface area contributed by atoms with E-state index in [9.17, 15) is 0 Å². The molecule has 2 aromatic rings. The first-order chi connectivity index (χ1) is 8.81. The molecule has 2 aromatic heterocycles. The molecule has 1 atom stereocenters. The van der Waals surface area contributed by atoms with Gasteiger partial charge in [0.2, 0.25) is 0 Å². The summed E-state index contributed by atoms with van der Waals surface area (Å²) in [6.45, 7) is 2.71. The van der Waals surface area contributed by atoms with Gasteiger partial charge < -0.3 is 15.6 Å². The first kappa shape index (κ1) is 12.2. The Morgan fingerprint density at radius 2 is 2.44 bits per heavy atom. The van der Waals surface area contributed by atoms with Crippen LogP contribution in [0, 0.1) is 0 Å². The monoisotopic (exact) mass is 282 g/mol. The quantitative estimate of drug-likeness (QED) is 0.803. The van der Waals surface area contributed by atoms with Crippen LogP contribution in [0.4, 0.5) is 0 Å². The van der Waals surface area contributed by atoms with E-state index in [1.807, 2.05) is 6.07 Å². The van der Waals surface area contributed by atoms with Gasteiger partial charge in [-0.15, -0.1) is 11.3 Å². The molecule has 0 bridgehead atoms. The summed E-state index contributed by atoms with van der Waals surface area (Å²) in [4.78, 5) is 8.77. The van der Waals surface area contributed by atoms with Crippen LogP contribution in [0.1, 0.15) is 16.3 Å². The Labute approximate surface area is 115 Å². The highest BCUT2D eigenvalue weighted by Crippen LogP contribution is 2.21. The fraction of sp³-hybridized carbons (Fsp3) is 0.417. The molecule has 0 saturated heterocycles. The lowest BCUT2D eigenvalue weighted by atomic mass is 10.1. The highest BCUT2D eigenvalue weighted by molar-refractivity contribution is 7.16. The van der Waals surface area contributed by atoms with E-state index in [0.29, 0.717) is 6.04 Å². The number of thiophene rings is 1. The van der Waals surface area contributed by atoms with Crippen molar-refractivity contribution >= 4 is 22.9 Å². The van der Waals surface area contributed by atoms with Gasteiger partial charge in [-0.3, -0.25) is 0 Å². The number of imidazole rings is 1. The third-order valence-electron chi connectivity index (χ3n) is 3.13. The van der Waals surface area contributed by atoms with Crippen molar-refractivity contribution in [1.29, 1.82) is 0 Å². The first-order valence-electron chi connectivity index (χ1n) is 6.00. The number of rotatable bonds is 4. The predicted molar refractivity (Wildman–Crippen MR) is 74.0 cm³/mol. The van der Waals surface area contributed by atoms with Gasteiger partial charge in [0.15, 0.2) is 0 Å². The minimum absolute atomic E-state index is 0.455. The Kier molecular flexibility index (Phi) is 3.65. The molecule has 0 fully saturated rings. The molecule has 0 radical (unpaired) electrons. The molecule has 1 unspecified atom stereocenters. The third-order valence-corrected chi connectivity index (χ3v) is 4.36. The Morgan fingerprint density at radius 1 is 1.50 bits per heavy atom. The van der Waals surface area contributed by atoms with Crippen LogP contribution in [-0.4, -0.2) is 22.6 Å². The standard InChI is InChI=1S/C12H15ClN4S/c13-12-2-1-9(18-12)5-14-4-8-3-10-11(6-15-8)17-7-16-10/h1-2,7-8,14-15H,3-6H2,(H,16,17). The Balaban J connectivity index is 1.47. The van der Waals surface area contributed by atoms with Crippen molar-refractivity contribution in [2.75, 3.05) is 6.54 Å². The summed E-state index contributed by atoms with van der Waals surface area (Å²) in [5.41, 5.74) is 2.41. The predicted octanol–water partition coefficient (Wildman–Crippen LogP) is 1.93. The van der Waals surface area contributed by atoms with Crippen molar-refractivity contribution in [3.8, 4) is 0 Å². The van der Waals surface area contributed by atoms with Crippen molar-refractivity contribution in [3.63, 3.8) is 0 Å². The van der Waals surface area contributed by atoms with Crippen molar-refractivity contribution in [2.45, 2.75) is 25.6 Å². The summed E-state index contributed by atoms with van der Waals surface area (Å²) in [5.74, 6) is 0. The SMILES string of the molecule is Clc1ccc(CNCC2Cc3nc[nH]c3CN2)s1. The largest absolute Gasteiger partial charge is 0.347 e. The summed E-state index contributed by atoms with van der Waals surface area (Å²) in [7, 11) is 0. The summed E-state index contributed by atoms with van der Waals surface area (Å²) >= 11 is 7.53. The van der Waals surface area contributed by atoms with Gasteiger partial charge in [-0.2, -0.15) is 0 Å². The van der Waals surface area contributed by atoms with E-state index >= 15 is 0 Å². The molecule has 3 rings (SSSR count). The second kappa shape index (κ2) is 5.40. The van der Waals surface area contributed by atoms with Crippen LogP contribution >= 0.6 is 22.9 Å². The maximum absolute atomic E-state index is 5.90.